The fourth-order valence-electron chi connectivity index (χ4n) is 3.97. The molecule has 206 valence electrons. The number of aryl methyl sites for hydroxylation is 1. The van der Waals surface area contributed by atoms with Crippen LogP contribution in [0.5, 0.6) is 0 Å². The third-order valence-corrected chi connectivity index (χ3v) is 7.90. The van der Waals surface area contributed by atoms with Gasteiger partial charge in [-0.3, -0.25) is 24.0 Å². The van der Waals surface area contributed by atoms with Crippen LogP contribution in [-0.2, 0) is 26.2 Å². The predicted molar refractivity (Wildman–Crippen MR) is 149 cm³/mol. The Morgan fingerprint density at radius 2 is 1.67 bits per heavy atom. The zero-order chi connectivity index (χ0) is 28.6. The van der Waals surface area contributed by atoms with E-state index in [0.29, 0.717) is 13.0 Å². The molecule has 0 aliphatic rings. The van der Waals surface area contributed by atoms with Crippen molar-refractivity contribution in [1.29, 1.82) is 0 Å². The number of nitrogens with one attached hydrogen (secondary N) is 1. The van der Waals surface area contributed by atoms with Gasteiger partial charge < -0.3 is 10.2 Å². The summed E-state index contributed by atoms with van der Waals surface area (Å²) in [5.74, 6) is -0.959. The van der Waals surface area contributed by atoms with E-state index in [4.69, 9.17) is 0 Å². The van der Waals surface area contributed by atoms with Crippen LogP contribution in [0.1, 0.15) is 31.4 Å². The number of rotatable bonds is 12. The van der Waals surface area contributed by atoms with Gasteiger partial charge >= 0.3 is 0 Å². The summed E-state index contributed by atoms with van der Waals surface area (Å²) < 4.78 is 28.3. The van der Waals surface area contributed by atoms with E-state index in [0.717, 1.165) is 15.4 Å². The molecule has 0 saturated heterocycles. The molecule has 0 bridgehead atoms. The second kappa shape index (κ2) is 13.0. The number of hydrogen-bond acceptors (Lipinski definition) is 6. The van der Waals surface area contributed by atoms with Gasteiger partial charge in [0.25, 0.3) is 15.7 Å². The van der Waals surface area contributed by atoms with E-state index in [9.17, 15) is 28.1 Å². The molecule has 0 heterocycles. The van der Waals surface area contributed by atoms with Crippen molar-refractivity contribution in [2.24, 2.45) is 0 Å². The number of carbonyl (C=O) groups excluding carboxylic acids is 2. The first-order valence-corrected chi connectivity index (χ1v) is 13.9. The molecular weight excluding hydrogens is 520 g/mol. The lowest BCUT2D eigenvalue weighted by Gasteiger charge is -2.32. The van der Waals surface area contributed by atoms with Crippen LogP contribution < -0.4 is 9.62 Å². The molecular formula is C28H32N4O6S. The molecule has 0 saturated carbocycles. The van der Waals surface area contributed by atoms with Crippen molar-refractivity contribution in [1.82, 2.24) is 10.2 Å². The number of non-ortho nitro benzene ring substituents is 1. The van der Waals surface area contributed by atoms with Crippen molar-refractivity contribution >= 4 is 33.2 Å². The maximum absolute atomic E-state index is 13.8. The standard InChI is InChI=1S/C28H32N4O6S/c1-4-17-29-28(34)22(3)30(19-23-10-8-9-21(2)18-23)27(33)20-31(24-13-15-25(16-14-24)32(35)36)39(37,38)26-11-6-5-7-12-26/h5-16,18,22H,4,17,19-20H2,1-3H3,(H,29,34)/t22-/m0/s1. The van der Waals surface area contributed by atoms with E-state index in [1.165, 1.54) is 41.3 Å². The summed E-state index contributed by atoms with van der Waals surface area (Å²) >= 11 is 0. The Morgan fingerprint density at radius 1 is 1.00 bits per heavy atom. The van der Waals surface area contributed by atoms with E-state index in [2.05, 4.69) is 5.32 Å². The molecule has 3 rings (SSSR count). The molecule has 0 aliphatic heterocycles. The molecule has 0 unspecified atom stereocenters. The van der Waals surface area contributed by atoms with Gasteiger partial charge in [0.1, 0.15) is 12.6 Å². The highest BCUT2D eigenvalue weighted by Gasteiger charge is 2.32. The second-order valence-electron chi connectivity index (χ2n) is 9.08. The number of anilines is 1. The molecule has 0 fully saturated rings. The van der Waals surface area contributed by atoms with Gasteiger partial charge in [-0.15, -0.1) is 0 Å². The van der Waals surface area contributed by atoms with Gasteiger partial charge in [0, 0.05) is 25.2 Å². The number of carbonyl (C=O) groups is 2. The van der Waals surface area contributed by atoms with Crippen LogP contribution in [0.4, 0.5) is 11.4 Å². The topological polar surface area (TPSA) is 130 Å². The maximum Gasteiger partial charge on any atom is 0.269 e. The lowest BCUT2D eigenvalue weighted by molar-refractivity contribution is -0.384. The molecule has 39 heavy (non-hydrogen) atoms. The molecule has 3 aromatic rings. The molecule has 2 amide bonds. The van der Waals surface area contributed by atoms with Crippen LogP contribution in [-0.4, -0.2) is 49.2 Å². The van der Waals surface area contributed by atoms with Crippen molar-refractivity contribution < 1.29 is 22.9 Å². The minimum absolute atomic E-state index is 0.0462. The first-order chi connectivity index (χ1) is 18.5. The van der Waals surface area contributed by atoms with Gasteiger partial charge in [-0.2, -0.15) is 0 Å². The highest BCUT2D eigenvalue weighted by Crippen LogP contribution is 2.26. The number of amides is 2. The summed E-state index contributed by atoms with van der Waals surface area (Å²) in [6.45, 7) is 5.33. The zero-order valence-electron chi connectivity index (χ0n) is 22.1. The Kier molecular flexibility index (Phi) is 9.78. The van der Waals surface area contributed by atoms with Crippen molar-refractivity contribution in [3.8, 4) is 0 Å². The van der Waals surface area contributed by atoms with Gasteiger partial charge in [-0.1, -0.05) is 55.0 Å². The Balaban J connectivity index is 2.03. The number of hydrogen-bond donors (Lipinski definition) is 1. The van der Waals surface area contributed by atoms with E-state index >= 15 is 0 Å². The molecule has 0 aliphatic carbocycles. The van der Waals surface area contributed by atoms with Crippen molar-refractivity contribution in [2.45, 2.75) is 44.7 Å². The Hall–Kier alpha value is -4.25. The molecule has 0 spiro atoms. The highest BCUT2D eigenvalue weighted by molar-refractivity contribution is 7.92. The van der Waals surface area contributed by atoms with Gasteiger partial charge in [0.15, 0.2) is 0 Å². The van der Waals surface area contributed by atoms with Crippen LogP contribution in [0.2, 0.25) is 0 Å². The van der Waals surface area contributed by atoms with E-state index in [1.54, 1.807) is 25.1 Å². The van der Waals surface area contributed by atoms with Crippen LogP contribution in [0.3, 0.4) is 0 Å². The van der Waals surface area contributed by atoms with Gasteiger partial charge in [-0.25, -0.2) is 8.42 Å². The third-order valence-electron chi connectivity index (χ3n) is 6.11. The second-order valence-corrected chi connectivity index (χ2v) is 10.9. The average Bonchev–Trinajstić information content (AvgIpc) is 2.93. The van der Waals surface area contributed by atoms with Crippen molar-refractivity contribution in [3.63, 3.8) is 0 Å². The lowest BCUT2D eigenvalue weighted by Crippen LogP contribution is -2.51. The van der Waals surface area contributed by atoms with E-state index < -0.39 is 33.4 Å². The maximum atomic E-state index is 13.8. The first kappa shape index (κ1) is 29.3. The fourth-order valence-corrected chi connectivity index (χ4v) is 5.41. The van der Waals surface area contributed by atoms with Gasteiger partial charge in [0.2, 0.25) is 11.8 Å². The van der Waals surface area contributed by atoms with Crippen LogP contribution >= 0.6 is 0 Å². The zero-order valence-corrected chi connectivity index (χ0v) is 22.9. The molecule has 1 N–H and O–H groups in total. The lowest BCUT2D eigenvalue weighted by atomic mass is 10.1. The summed E-state index contributed by atoms with van der Waals surface area (Å²) in [4.78, 5) is 38.6. The minimum atomic E-state index is -4.24. The fraction of sp³-hybridized carbons (Fsp3) is 0.286. The monoisotopic (exact) mass is 552 g/mol. The molecule has 0 radical (unpaired) electrons. The third kappa shape index (κ3) is 7.41. The number of nitro benzene ring substituents is 1. The summed E-state index contributed by atoms with van der Waals surface area (Å²) in [5.41, 5.74) is 1.62. The quantitative estimate of drug-likeness (QED) is 0.267. The molecule has 0 aromatic heterocycles. The van der Waals surface area contributed by atoms with Crippen molar-refractivity contribution in [3.05, 3.63) is 100 Å². The van der Waals surface area contributed by atoms with Crippen LogP contribution in [0, 0.1) is 17.0 Å². The molecule has 1 atom stereocenters. The number of benzene rings is 3. The predicted octanol–water partition coefficient (Wildman–Crippen LogP) is 4.04. The van der Waals surface area contributed by atoms with Gasteiger partial charge in [-0.05, 0) is 50.1 Å². The SMILES string of the molecule is CCCNC(=O)[C@H](C)N(Cc1cccc(C)c1)C(=O)CN(c1ccc([N+](=O)[O-])cc1)S(=O)(=O)c1ccccc1. The van der Waals surface area contributed by atoms with E-state index in [1.807, 2.05) is 38.1 Å². The summed E-state index contributed by atoms with van der Waals surface area (Å²) in [6.07, 6.45) is 0.716. The molecule has 10 nitrogen and oxygen atoms in total. The minimum Gasteiger partial charge on any atom is -0.354 e. The Morgan fingerprint density at radius 3 is 2.26 bits per heavy atom. The summed E-state index contributed by atoms with van der Waals surface area (Å²) in [6, 6.07) is 19.1. The summed E-state index contributed by atoms with van der Waals surface area (Å²) in [7, 11) is -4.24. The normalized spacial score (nSPS) is 11.9. The highest BCUT2D eigenvalue weighted by atomic mass is 32.2. The number of nitrogens with zero attached hydrogens (tertiary/aromatic N) is 3. The van der Waals surface area contributed by atoms with Crippen LogP contribution in [0.25, 0.3) is 0 Å². The summed E-state index contributed by atoms with van der Waals surface area (Å²) in [5, 5.41) is 13.9. The largest absolute Gasteiger partial charge is 0.354 e. The van der Waals surface area contributed by atoms with Gasteiger partial charge in [0.05, 0.1) is 15.5 Å². The average molecular weight is 553 g/mol. The molecule has 11 heteroatoms. The molecule has 3 aromatic carbocycles. The van der Waals surface area contributed by atoms with Crippen molar-refractivity contribution in [2.75, 3.05) is 17.4 Å². The number of nitro groups is 1. The Labute approximate surface area is 228 Å². The van der Waals surface area contributed by atoms with E-state index in [-0.39, 0.29) is 28.7 Å². The Bertz CT molecular complexity index is 1410. The first-order valence-electron chi connectivity index (χ1n) is 12.5. The smallest absolute Gasteiger partial charge is 0.269 e. The van der Waals surface area contributed by atoms with Crippen LogP contribution in [0.15, 0.2) is 83.8 Å². The number of sulfonamides is 1.